The molecule has 0 fully saturated rings. The maximum absolute atomic E-state index is 12.5. The summed E-state index contributed by atoms with van der Waals surface area (Å²) < 4.78 is 1.66. The molecule has 0 aliphatic heterocycles. The van der Waals surface area contributed by atoms with E-state index in [0.29, 0.717) is 20.7 Å². The quantitative estimate of drug-likeness (QED) is 0.689. The Morgan fingerprint density at radius 2 is 2.00 bits per heavy atom. The van der Waals surface area contributed by atoms with E-state index in [1.807, 2.05) is 36.4 Å². The number of nitrogens with one attached hydrogen (secondary N) is 1. The van der Waals surface area contributed by atoms with Gasteiger partial charge in [0.1, 0.15) is 22.3 Å². The predicted molar refractivity (Wildman–Crippen MR) is 104 cm³/mol. The molecule has 1 aromatic carbocycles. The lowest BCUT2D eigenvalue weighted by atomic mass is 10.1. The van der Waals surface area contributed by atoms with Gasteiger partial charge in [0.25, 0.3) is 11.5 Å². The van der Waals surface area contributed by atoms with Crippen molar-refractivity contribution in [3.8, 4) is 16.6 Å². The maximum Gasteiger partial charge on any atom is 0.289 e. The number of benzene rings is 1. The van der Waals surface area contributed by atoms with Crippen molar-refractivity contribution in [1.29, 1.82) is 5.26 Å². The second-order valence-corrected chi connectivity index (χ2v) is 7.15. The smallest absolute Gasteiger partial charge is 0.266 e. The van der Waals surface area contributed by atoms with E-state index in [1.54, 1.807) is 19.2 Å². The van der Waals surface area contributed by atoms with Gasteiger partial charge < -0.3 is 0 Å². The van der Waals surface area contributed by atoms with Crippen molar-refractivity contribution in [2.45, 2.75) is 13.8 Å². The number of halogens is 1. The van der Waals surface area contributed by atoms with Crippen molar-refractivity contribution in [1.82, 2.24) is 9.66 Å². The molecule has 0 unspecified atom stereocenters. The zero-order valence-electron chi connectivity index (χ0n) is 13.9. The number of nitriles is 1. The van der Waals surface area contributed by atoms with Crippen LogP contribution < -0.4 is 11.0 Å². The van der Waals surface area contributed by atoms with E-state index >= 15 is 0 Å². The molecule has 8 heteroatoms. The Kier molecular flexibility index (Phi) is 5.02. The van der Waals surface area contributed by atoms with Gasteiger partial charge in [0, 0.05) is 15.4 Å². The summed E-state index contributed by atoms with van der Waals surface area (Å²) in [6, 6.07) is 11.4. The Bertz CT molecular complexity index is 1100. The van der Waals surface area contributed by atoms with E-state index in [2.05, 4.69) is 26.3 Å². The lowest BCUT2D eigenvalue weighted by Gasteiger charge is -2.14. The van der Waals surface area contributed by atoms with Crippen LogP contribution in [0.15, 0.2) is 45.0 Å². The predicted octanol–water partition coefficient (Wildman–Crippen LogP) is 3.61. The van der Waals surface area contributed by atoms with Crippen LogP contribution in [0.2, 0.25) is 0 Å². The molecule has 0 bridgehead atoms. The van der Waals surface area contributed by atoms with Gasteiger partial charge in [0.05, 0.1) is 5.69 Å². The van der Waals surface area contributed by atoms with E-state index in [9.17, 15) is 14.9 Å². The highest BCUT2D eigenvalue weighted by atomic mass is 79.9. The number of hydrogen-bond donors (Lipinski definition) is 1. The van der Waals surface area contributed by atoms with Gasteiger partial charge in [-0.1, -0.05) is 30.3 Å². The van der Waals surface area contributed by atoms with Crippen molar-refractivity contribution in [2.24, 2.45) is 0 Å². The summed E-state index contributed by atoms with van der Waals surface area (Å²) in [5.41, 5.74) is 4.09. The SMILES string of the molecule is Cc1c(Br)c(C)n(NC(=O)c2csc(-c3ccccc3)n2)c(=O)c1C#N. The third-order valence-electron chi connectivity index (χ3n) is 3.86. The molecule has 0 radical (unpaired) electrons. The summed E-state index contributed by atoms with van der Waals surface area (Å²) in [7, 11) is 0. The first kappa shape index (κ1) is 18.0. The molecule has 1 N–H and O–H groups in total. The van der Waals surface area contributed by atoms with Crippen LogP contribution in [0.4, 0.5) is 0 Å². The highest BCUT2D eigenvalue weighted by Gasteiger charge is 2.18. The molecule has 0 aliphatic carbocycles. The largest absolute Gasteiger partial charge is 0.289 e. The fourth-order valence-electron chi connectivity index (χ4n) is 2.42. The normalized spacial score (nSPS) is 10.4. The molecule has 0 saturated carbocycles. The lowest BCUT2D eigenvalue weighted by Crippen LogP contribution is -2.37. The van der Waals surface area contributed by atoms with Gasteiger partial charge in [-0.2, -0.15) is 5.26 Å². The summed E-state index contributed by atoms with van der Waals surface area (Å²) in [4.78, 5) is 29.3. The van der Waals surface area contributed by atoms with Gasteiger partial charge in [-0.25, -0.2) is 9.66 Å². The minimum Gasteiger partial charge on any atom is -0.266 e. The standard InChI is InChI=1S/C18H13BrN4O2S/c1-10-13(8-20)18(25)23(11(2)15(10)19)22-16(24)14-9-26-17(21-14)12-6-4-3-5-7-12/h3-7,9H,1-2H3,(H,22,24). The molecular formula is C18H13BrN4O2S. The van der Waals surface area contributed by atoms with E-state index in [4.69, 9.17) is 0 Å². The van der Waals surface area contributed by atoms with Gasteiger partial charge >= 0.3 is 0 Å². The van der Waals surface area contributed by atoms with Crippen LogP contribution in [0.3, 0.4) is 0 Å². The van der Waals surface area contributed by atoms with Gasteiger partial charge in [-0.15, -0.1) is 11.3 Å². The third-order valence-corrected chi connectivity index (χ3v) is 5.92. The summed E-state index contributed by atoms with van der Waals surface area (Å²) >= 11 is 4.70. The van der Waals surface area contributed by atoms with E-state index in [1.165, 1.54) is 11.3 Å². The molecule has 1 amide bonds. The summed E-state index contributed by atoms with van der Waals surface area (Å²) in [5.74, 6) is -0.520. The first-order valence-corrected chi connectivity index (χ1v) is 9.25. The highest BCUT2D eigenvalue weighted by Crippen LogP contribution is 2.24. The number of carbonyl (C=O) groups excluding carboxylic acids is 1. The van der Waals surface area contributed by atoms with Crippen LogP contribution in [-0.2, 0) is 0 Å². The second kappa shape index (κ2) is 7.23. The molecule has 2 aromatic heterocycles. The van der Waals surface area contributed by atoms with Crippen LogP contribution in [0.1, 0.15) is 27.3 Å². The first-order valence-electron chi connectivity index (χ1n) is 7.58. The third kappa shape index (κ3) is 3.19. The fourth-order valence-corrected chi connectivity index (χ4v) is 3.60. The number of hydrogen-bond acceptors (Lipinski definition) is 5. The molecule has 0 atom stereocenters. The van der Waals surface area contributed by atoms with Crippen LogP contribution >= 0.6 is 27.3 Å². The minimum atomic E-state index is -0.572. The number of rotatable bonds is 3. The molecule has 6 nitrogen and oxygen atoms in total. The van der Waals surface area contributed by atoms with Crippen molar-refractivity contribution in [2.75, 3.05) is 5.43 Å². The molecule has 0 spiro atoms. The van der Waals surface area contributed by atoms with Gasteiger partial charge in [0.15, 0.2) is 0 Å². The fraction of sp³-hybridized carbons (Fsp3) is 0.111. The zero-order valence-corrected chi connectivity index (χ0v) is 16.3. The maximum atomic E-state index is 12.5. The van der Waals surface area contributed by atoms with E-state index in [0.717, 1.165) is 10.2 Å². The Labute approximate surface area is 161 Å². The second-order valence-electron chi connectivity index (χ2n) is 5.50. The van der Waals surface area contributed by atoms with E-state index in [-0.39, 0.29) is 11.3 Å². The molecule has 3 rings (SSSR count). The molecule has 130 valence electrons. The number of amides is 1. The molecule has 26 heavy (non-hydrogen) atoms. The molecule has 3 aromatic rings. The van der Waals surface area contributed by atoms with Gasteiger partial charge in [-0.05, 0) is 35.3 Å². The van der Waals surface area contributed by atoms with Gasteiger partial charge in [0.2, 0.25) is 0 Å². The van der Waals surface area contributed by atoms with Crippen LogP contribution in [-0.4, -0.2) is 15.6 Å². The Morgan fingerprint density at radius 3 is 2.65 bits per heavy atom. The molecule has 2 heterocycles. The van der Waals surface area contributed by atoms with Crippen molar-refractivity contribution in [3.63, 3.8) is 0 Å². The topological polar surface area (TPSA) is 87.8 Å². The average Bonchev–Trinajstić information content (AvgIpc) is 3.15. The highest BCUT2D eigenvalue weighted by molar-refractivity contribution is 9.10. The van der Waals surface area contributed by atoms with Crippen molar-refractivity contribution < 1.29 is 4.79 Å². The number of thiazole rings is 1. The summed E-state index contributed by atoms with van der Waals surface area (Å²) in [6.07, 6.45) is 0. The lowest BCUT2D eigenvalue weighted by molar-refractivity contribution is 0.100. The molecular weight excluding hydrogens is 416 g/mol. The van der Waals surface area contributed by atoms with Crippen molar-refractivity contribution >= 4 is 33.2 Å². The minimum absolute atomic E-state index is 0.0222. The number of nitrogens with zero attached hydrogens (tertiary/aromatic N) is 3. The summed E-state index contributed by atoms with van der Waals surface area (Å²) in [5, 5.41) is 11.6. The summed E-state index contributed by atoms with van der Waals surface area (Å²) in [6.45, 7) is 3.35. The monoisotopic (exact) mass is 428 g/mol. The van der Waals surface area contributed by atoms with Crippen LogP contribution in [0, 0.1) is 25.2 Å². The zero-order chi connectivity index (χ0) is 18.8. The van der Waals surface area contributed by atoms with Crippen LogP contribution in [0.5, 0.6) is 0 Å². The number of aromatic nitrogens is 2. The Balaban J connectivity index is 1.95. The first-order chi connectivity index (χ1) is 12.4. The van der Waals surface area contributed by atoms with Crippen molar-refractivity contribution in [3.05, 3.63) is 73.1 Å². The van der Waals surface area contributed by atoms with Gasteiger partial charge in [-0.3, -0.25) is 15.0 Å². The molecule has 0 aliphatic rings. The molecule has 0 saturated heterocycles. The Morgan fingerprint density at radius 1 is 1.31 bits per heavy atom. The van der Waals surface area contributed by atoms with E-state index < -0.39 is 11.5 Å². The van der Waals surface area contributed by atoms with Crippen LogP contribution in [0.25, 0.3) is 10.6 Å². The Hall–Kier alpha value is -2.76. The average molecular weight is 429 g/mol. The number of carbonyl (C=O) groups is 1. The number of pyridine rings is 1.